The van der Waals surface area contributed by atoms with Gasteiger partial charge in [0.25, 0.3) is 0 Å². The number of hydrogen-bond donors (Lipinski definition) is 1. The molecular weight excluding hydrogens is 345 g/mol. The van der Waals surface area contributed by atoms with Gasteiger partial charge in [-0.3, -0.25) is 4.79 Å². The van der Waals surface area contributed by atoms with Gasteiger partial charge in [0, 0.05) is 43.5 Å². The van der Waals surface area contributed by atoms with Crippen LogP contribution in [0, 0.1) is 5.82 Å². The first-order valence-corrected chi connectivity index (χ1v) is 9.35. The molecule has 1 aromatic carbocycles. The summed E-state index contributed by atoms with van der Waals surface area (Å²) in [6, 6.07) is 8.03. The molecule has 1 aromatic heterocycles. The monoisotopic (exact) mass is 371 g/mol. The molecule has 5 nitrogen and oxygen atoms in total. The highest BCUT2D eigenvalue weighted by atomic mass is 19.1. The first-order chi connectivity index (χ1) is 13.1. The Kier molecular flexibility index (Phi) is 6.29. The second kappa shape index (κ2) is 8.86. The van der Waals surface area contributed by atoms with Gasteiger partial charge in [-0.2, -0.15) is 0 Å². The van der Waals surface area contributed by atoms with Crippen molar-refractivity contribution >= 4 is 17.7 Å². The van der Waals surface area contributed by atoms with Crippen molar-refractivity contribution in [2.24, 2.45) is 0 Å². The maximum atomic E-state index is 13.9. The zero-order valence-corrected chi connectivity index (χ0v) is 15.8. The van der Waals surface area contributed by atoms with E-state index >= 15 is 0 Å². The van der Waals surface area contributed by atoms with Crippen molar-refractivity contribution in [3.63, 3.8) is 0 Å². The first-order valence-electron chi connectivity index (χ1n) is 9.35. The number of halogens is 1. The molecule has 6 heteroatoms. The number of carbonyl (C=O) groups is 1. The van der Waals surface area contributed by atoms with Gasteiger partial charge in [0.15, 0.2) is 0 Å². The van der Waals surface area contributed by atoms with Crippen LogP contribution in [0.5, 0.6) is 0 Å². The fourth-order valence-electron chi connectivity index (χ4n) is 3.35. The molecule has 0 radical (unpaired) electrons. The second-order valence-electron chi connectivity index (χ2n) is 6.70. The number of rotatable bonds is 6. The van der Waals surface area contributed by atoms with Gasteiger partial charge < -0.3 is 19.5 Å². The summed E-state index contributed by atoms with van der Waals surface area (Å²) >= 11 is 0. The zero-order valence-electron chi connectivity index (χ0n) is 15.8. The Morgan fingerprint density at radius 2 is 2.07 bits per heavy atom. The third kappa shape index (κ3) is 4.98. The molecule has 1 aliphatic heterocycles. The minimum atomic E-state index is -0.311. The Bertz CT molecular complexity index is 781. The highest BCUT2D eigenvalue weighted by molar-refractivity contribution is 5.91. The van der Waals surface area contributed by atoms with E-state index in [4.69, 9.17) is 4.42 Å². The normalized spacial score (nSPS) is 16.6. The van der Waals surface area contributed by atoms with Gasteiger partial charge in [0.05, 0.1) is 12.3 Å². The number of hydrogen-bond acceptors (Lipinski definition) is 4. The molecule has 0 aliphatic carbocycles. The quantitative estimate of drug-likeness (QED) is 0.790. The third-order valence-corrected chi connectivity index (χ3v) is 4.92. The molecule has 1 fully saturated rings. The molecule has 1 unspecified atom stereocenters. The molecule has 1 N–H and O–H groups in total. The van der Waals surface area contributed by atoms with E-state index < -0.39 is 0 Å². The van der Waals surface area contributed by atoms with Crippen LogP contribution in [0.3, 0.4) is 0 Å². The molecule has 0 spiro atoms. The average molecular weight is 371 g/mol. The van der Waals surface area contributed by atoms with E-state index in [0.29, 0.717) is 5.76 Å². The van der Waals surface area contributed by atoms with Gasteiger partial charge in [-0.15, -0.1) is 0 Å². The minimum absolute atomic E-state index is 0.245. The lowest BCUT2D eigenvalue weighted by molar-refractivity contribution is -0.117. The van der Waals surface area contributed by atoms with E-state index in [0.717, 1.165) is 44.0 Å². The number of furan rings is 1. The van der Waals surface area contributed by atoms with Gasteiger partial charge in [-0.05, 0) is 49.9 Å². The summed E-state index contributed by atoms with van der Waals surface area (Å²) in [5, 5.41) is 2.91. The molecule has 1 atom stereocenters. The SMILES string of the molecule is CCN1CCN(c2ccc(F)cc2C(C)NC(=O)/C=C/c2ccco2)CC1. The maximum absolute atomic E-state index is 13.9. The van der Waals surface area contributed by atoms with Crippen molar-refractivity contribution in [2.75, 3.05) is 37.6 Å². The summed E-state index contributed by atoms with van der Waals surface area (Å²) in [4.78, 5) is 16.9. The number of likely N-dealkylation sites (N-methyl/N-ethyl adjacent to an activating group) is 1. The molecule has 0 saturated carbocycles. The predicted molar refractivity (Wildman–Crippen MR) is 105 cm³/mol. The lowest BCUT2D eigenvalue weighted by atomic mass is 10.0. The Morgan fingerprint density at radius 1 is 1.30 bits per heavy atom. The molecule has 3 rings (SSSR count). The third-order valence-electron chi connectivity index (χ3n) is 4.92. The predicted octanol–water partition coefficient (Wildman–Crippen LogP) is 3.45. The number of carbonyl (C=O) groups excluding carboxylic acids is 1. The molecule has 144 valence electrons. The molecule has 1 aliphatic rings. The Hall–Kier alpha value is -2.60. The highest BCUT2D eigenvalue weighted by Gasteiger charge is 2.21. The fraction of sp³-hybridized carbons (Fsp3) is 0.381. The second-order valence-corrected chi connectivity index (χ2v) is 6.70. The molecule has 2 aromatic rings. The molecule has 1 amide bonds. The summed E-state index contributed by atoms with van der Waals surface area (Å²) in [5.41, 5.74) is 1.77. The van der Waals surface area contributed by atoms with Crippen molar-refractivity contribution < 1.29 is 13.6 Å². The zero-order chi connectivity index (χ0) is 19.2. The molecule has 0 bridgehead atoms. The smallest absolute Gasteiger partial charge is 0.244 e. The Balaban J connectivity index is 1.71. The molecule has 1 saturated heterocycles. The standard InChI is InChI=1S/C21H26FN3O2/c1-3-24-10-12-25(13-11-24)20-8-6-17(22)15-19(20)16(2)23-21(26)9-7-18-5-4-14-27-18/h4-9,14-16H,3,10-13H2,1-2H3,(H,23,26)/b9-7+. The van der Waals surface area contributed by atoms with Crippen LogP contribution in [0.15, 0.2) is 47.1 Å². The van der Waals surface area contributed by atoms with E-state index in [9.17, 15) is 9.18 Å². The number of nitrogens with one attached hydrogen (secondary N) is 1. The largest absolute Gasteiger partial charge is 0.465 e. The highest BCUT2D eigenvalue weighted by Crippen LogP contribution is 2.28. The Labute approximate surface area is 159 Å². The van der Waals surface area contributed by atoms with Crippen LogP contribution in [-0.2, 0) is 4.79 Å². The Morgan fingerprint density at radius 3 is 2.74 bits per heavy atom. The van der Waals surface area contributed by atoms with E-state index in [1.807, 2.05) is 13.0 Å². The number of nitrogens with zero attached hydrogens (tertiary/aromatic N) is 2. The topological polar surface area (TPSA) is 48.7 Å². The molecule has 2 heterocycles. The summed E-state index contributed by atoms with van der Waals surface area (Å²) in [6.07, 6.45) is 4.59. The van der Waals surface area contributed by atoms with Crippen molar-refractivity contribution in [2.45, 2.75) is 19.9 Å². The average Bonchev–Trinajstić information content (AvgIpc) is 3.20. The lowest BCUT2D eigenvalue weighted by Gasteiger charge is -2.37. The minimum Gasteiger partial charge on any atom is -0.465 e. The number of piperazine rings is 1. The fourth-order valence-corrected chi connectivity index (χ4v) is 3.35. The van der Waals surface area contributed by atoms with E-state index in [1.54, 1.807) is 24.5 Å². The van der Waals surface area contributed by atoms with Gasteiger partial charge in [-0.1, -0.05) is 6.92 Å². The summed E-state index contributed by atoms with van der Waals surface area (Å²) in [5.74, 6) is 0.0659. The van der Waals surface area contributed by atoms with Crippen LogP contribution in [0.1, 0.15) is 31.2 Å². The van der Waals surface area contributed by atoms with Crippen LogP contribution >= 0.6 is 0 Å². The molecular formula is C21H26FN3O2. The maximum Gasteiger partial charge on any atom is 0.244 e. The lowest BCUT2D eigenvalue weighted by Crippen LogP contribution is -2.46. The first kappa shape index (κ1) is 19.2. The van der Waals surface area contributed by atoms with Crippen molar-refractivity contribution in [1.82, 2.24) is 10.2 Å². The van der Waals surface area contributed by atoms with Crippen LogP contribution in [0.25, 0.3) is 6.08 Å². The van der Waals surface area contributed by atoms with Crippen molar-refractivity contribution in [1.29, 1.82) is 0 Å². The summed E-state index contributed by atoms with van der Waals surface area (Å²) in [6.45, 7) is 8.83. The van der Waals surface area contributed by atoms with Crippen LogP contribution in [0.2, 0.25) is 0 Å². The van der Waals surface area contributed by atoms with Crippen LogP contribution in [0.4, 0.5) is 10.1 Å². The van der Waals surface area contributed by atoms with Crippen molar-refractivity contribution in [3.05, 3.63) is 59.8 Å². The van der Waals surface area contributed by atoms with E-state index in [2.05, 4.69) is 22.0 Å². The van der Waals surface area contributed by atoms with Gasteiger partial charge >= 0.3 is 0 Å². The van der Waals surface area contributed by atoms with Crippen molar-refractivity contribution in [3.8, 4) is 0 Å². The number of amides is 1. The van der Waals surface area contributed by atoms with Crippen LogP contribution < -0.4 is 10.2 Å². The summed E-state index contributed by atoms with van der Waals surface area (Å²) < 4.78 is 19.1. The van der Waals surface area contributed by atoms with Gasteiger partial charge in [0.2, 0.25) is 5.91 Å². The van der Waals surface area contributed by atoms with E-state index in [1.165, 1.54) is 18.2 Å². The number of benzene rings is 1. The van der Waals surface area contributed by atoms with Crippen LogP contribution in [-0.4, -0.2) is 43.5 Å². The van der Waals surface area contributed by atoms with E-state index in [-0.39, 0.29) is 17.8 Å². The number of anilines is 1. The summed E-state index contributed by atoms with van der Waals surface area (Å²) in [7, 11) is 0. The van der Waals surface area contributed by atoms with Gasteiger partial charge in [0.1, 0.15) is 11.6 Å². The molecule has 27 heavy (non-hydrogen) atoms. The van der Waals surface area contributed by atoms with Gasteiger partial charge in [-0.25, -0.2) is 4.39 Å².